The molecule has 0 aliphatic heterocycles. The molecule has 0 fully saturated rings. The summed E-state index contributed by atoms with van der Waals surface area (Å²) in [7, 11) is 3.16. The summed E-state index contributed by atoms with van der Waals surface area (Å²) in [4.78, 5) is 3.29. The summed E-state index contributed by atoms with van der Waals surface area (Å²) in [6.45, 7) is 6.77. The molecule has 68 valence electrons. The van der Waals surface area contributed by atoms with E-state index in [1.807, 2.05) is 12.1 Å². The monoisotopic (exact) mass is 177 g/mol. The molecule has 3 nitrogen and oxygen atoms in total. The maximum atomic E-state index is 6.77. The van der Waals surface area contributed by atoms with E-state index in [2.05, 4.69) is 4.85 Å². The molecule has 1 aromatic carbocycles. The summed E-state index contributed by atoms with van der Waals surface area (Å²) in [5.74, 6) is 0. The first-order valence-corrected chi connectivity index (χ1v) is 3.85. The van der Waals surface area contributed by atoms with Crippen molar-refractivity contribution in [3.63, 3.8) is 0 Å². The minimum Gasteiger partial charge on any atom is -0.352 e. The summed E-state index contributed by atoms with van der Waals surface area (Å²) in [6.07, 6.45) is -0.347. The zero-order chi connectivity index (χ0) is 9.68. The van der Waals surface area contributed by atoms with Crippen molar-refractivity contribution in [3.05, 3.63) is 41.2 Å². The maximum Gasteiger partial charge on any atom is 0.187 e. The molecule has 0 saturated heterocycles. The van der Waals surface area contributed by atoms with Crippen LogP contribution in [0.2, 0.25) is 0 Å². The first-order chi connectivity index (χ1) is 6.31. The van der Waals surface area contributed by atoms with Gasteiger partial charge in [0.1, 0.15) is 0 Å². The number of hydrogen-bond acceptors (Lipinski definition) is 2. The van der Waals surface area contributed by atoms with Gasteiger partial charge in [0.2, 0.25) is 0 Å². The first kappa shape index (κ1) is 9.72. The maximum absolute atomic E-state index is 6.77. The molecule has 0 spiro atoms. The molecule has 0 radical (unpaired) electrons. The minimum atomic E-state index is -0.347. The van der Waals surface area contributed by atoms with E-state index in [-0.39, 0.29) is 6.29 Å². The van der Waals surface area contributed by atoms with E-state index in [4.69, 9.17) is 16.0 Å². The van der Waals surface area contributed by atoms with Gasteiger partial charge in [-0.2, -0.15) is 0 Å². The second kappa shape index (κ2) is 4.61. The Morgan fingerprint density at radius 1 is 1.15 bits per heavy atom. The molecule has 0 N–H and O–H groups in total. The molecular formula is C10H11NO2. The van der Waals surface area contributed by atoms with Gasteiger partial charge in [-0.3, -0.25) is 0 Å². The van der Waals surface area contributed by atoms with Crippen molar-refractivity contribution >= 4 is 5.69 Å². The second-order valence-electron chi connectivity index (χ2n) is 2.51. The summed E-state index contributed by atoms with van der Waals surface area (Å²) in [6, 6.07) is 7.14. The van der Waals surface area contributed by atoms with Gasteiger partial charge in [0.25, 0.3) is 0 Å². The average molecular weight is 177 g/mol. The van der Waals surface area contributed by atoms with Gasteiger partial charge < -0.3 is 9.47 Å². The smallest absolute Gasteiger partial charge is 0.187 e. The van der Waals surface area contributed by atoms with Crippen LogP contribution in [0.5, 0.6) is 0 Å². The fourth-order valence-electron chi connectivity index (χ4n) is 1.07. The molecule has 0 aliphatic carbocycles. The van der Waals surface area contributed by atoms with Gasteiger partial charge in [0.15, 0.2) is 12.0 Å². The number of ether oxygens (including phenoxy) is 2. The minimum absolute atomic E-state index is 0.347. The van der Waals surface area contributed by atoms with Crippen molar-refractivity contribution in [3.8, 4) is 0 Å². The fraction of sp³-hybridized carbons (Fsp3) is 0.300. The Morgan fingerprint density at radius 3 is 2.08 bits per heavy atom. The van der Waals surface area contributed by atoms with Crippen LogP contribution in [0.4, 0.5) is 5.69 Å². The predicted octanol–water partition coefficient (Wildman–Crippen LogP) is 2.53. The first-order valence-electron chi connectivity index (χ1n) is 3.85. The molecule has 3 heteroatoms. The molecule has 1 aromatic rings. The molecular weight excluding hydrogens is 166 g/mol. The van der Waals surface area contributed by atoms with Crippen LogP contribution in [-0.2, 0) is 9.47 Å². The molecule has 13 heavy (non-hydrogen) atoms. The Balaban J connectivity index is 2.85. The SMILES string of the molecule is [C-]#[N+]c1ccc(C(OC)OC)cc1. The molecule has 1 rings (SSSR count). The van der Waals surface area contributed by atoms with Gasteiger partial charge in [0.05, 0.1) is 6.57 Å². The van der Waals surface area contributed by atoms with Gasteiger partial charge >= 0.3 is 0 Å². The van der Waals surface area contributed by atoms with Crippen LogP contribution in [0, 0.1) is 6.57 Å². The lowest BCUT2D eigenvalue weighted by Gasteiger charge is -2.13. The largest absolute Gasteiger partial charge is 0.352 e. The van der Waals surface area contributed by atoms with Crippen LogP contribution in [0.3, 0.4) is 0 Å². The average Bonchev–Trinajstić information content (AvgIpc) is 2.21. The molecule has 0 amide bonds. The number of benzene rings is 1. The van der Waals surface area contributed by atoms with Crippen LogP contribution < -0.4 is 0 Å². The van der Waals surface area contributed by atoms with E-state index in [1.54, 1.807) is 26.4 Å². The number of rotatable bonds is 3. The summed E-state index contributed by atoms with van der Waals surface area (Å²) in [5.41, 5.74) is 1.53. The van der Waals surface area contributed by atoms with Crippen molar-refractivity contribution in [1.82, 2.24) is 0 Å². The van der Waals surface area contributed by atoms with Crippen molar-refractivity contribution in [2.45, 2.75) is 6.29 Å². The van der Waals surface area contributed by atoms with Crippen LogP contribution >= 0.6 is 0 Å². The predicted molar refractivity (Wildman–Crippen MR) is 49.5 cm³/mol. The fourth-order valence-corrected chi connectivity index (χ4v) is 1.07. The molecule has 0 bridgehead atoms. The molecule has 0 aliphatic rings. The van der Waals surface area contributed by atoms with Gasteiger partial charge in [-0.25, -0.2) is 4.85 Å². The Hall–Kier alpha value is -1.37. The summed E-state index contributed by atoms with van der Waals surface area (Å²) in [5, 5.41) is 0. The number of hydrogen-bond donors (Lipinski definition) is 0. The van der Waals surface area contributed by atoms with Crippen LogP contribution in [0.15, 0.2) is 24.3 Å². The van der Waals surface area contributed by atoms with Crippen molar-refractivity contribution in [2.24, 2.45) is 0 Å². The third kappa shape index (κ3) is 2.28. The third-order valence-corrected chi connectivity index (χ3v) is 1.72. The van der Waals surface area contributed by atoms with Crippen LogP contribution in [0.1, 0.15) is 11.9 Å². The van der Waals surface area contributed by atoms with Gasteiger partial charge in [-0.1, -0.05) is 24.3 Å². The van der Waals surface area contributed by atoms with E-state index >= 15 is 0 Å². The Kier molecular flexibility index (Phi) is 3.44. The van der Waals surface area contributed by atoms with Gasteiger partial charge in [-0.15, -0.1) is 0 Å². The van der Waals surface area contributed by atoms with E-state index in [0.717, 1.165) is 5.56 Å². The topological polar surface area (TPSA) is 22.8 Å². The van der Waals surface area contributed by atoms with Crippen LogP contribution in [-0.4, -0.2) is 14.2 Å². The molecule has 0 unspecified atom stereocenters. The van der Waals surface area contributed by atoms with Gasteiger partial charge in [0, 0.05) is 19.8 Å². The highest BCUT2D eigenvalue weighted by atomic mass is 16.7. The Bertz CT molecular complexity index is 296. The van der Waals surface area contributed by atoms with E-state index in [9.17, 15) is 0 Å². The Labute approximate surface area is 77.7 Å². The highest BCUT2D eigenvalue weighted by molar-refractivity contribution is 5.45. The van der Waals surface area contributed by atoms with E-state index in [0.29, 0.717) is 5.69 Å². The standard InChI is InChI=1S/C10H11NO2/c1-11-9-6-4-8(5-7-9)10(12-2)13-3/h4-7,10H,2-3H3. The van der Waals surface area contributed by atoms with Crippen molar-refractivity contribution in [2.75, 3.05) is 14.2 Å². The summed E-state index contributed by atoms with van der Waals surface area (Å²) >= 11 is 0. The zero-order valence-electron chi connectivity index (χ0n) is 7.65. The van der Waals surface area contributed by atoms with E-state index in [1.165, 1.54) is 0 Å². The second-order valence-corrected chi connectivity index (χ2v) is 2.51. The third-order valence-electron chi connectivity index (χ3n) is 1.72. The highest BCUT2D eigenvalue weighted by Gasteiger charge is 2.07. The Morgan fingerprint density at radius 2 is 1.69 bits per heavy atom. The zero-order valence-corrected chi connectivity index (χ0v) is 7.65. The van der Waals surface area contributed by atoms with Crippen molar-refractivity contribution < 1.29 is 9.47 Å². The molecule has 0 saturated carbocycles. The van der Waals surface area contributed by atoms with E-state index < -0.39 is 0 Å². The quantitative estimate of drug-likeness (QED) is 0.523. The lowest BCUT2D eigenvalue weighted by molar-refractivity contribution is -0.106. The molecule has 0 aromatic heterocycles. The summed E-state index contributed by atoms with van der Waals surface area (Å²) < 4.78 is 10.1. The highest BCUT2D eigenvalue weighted by Crippen LogP contribution is 2.20. The molecule has 0 atom stereocenters. The van der Waals surface area contributed by atoms with Crippen molar-refractivity contribution in [1.29, 1.82) is 0 Å². The normalized spacial score (nSPS) is 10.0. The number of nitrogens with zero attached hydrogens (tertiary/aromatic N) is 1. The lowest BCUT2D eigenvalue weighted by atomic mass is 10.2. The number of methoxy groups -OCH3 is 2. The van der Waals surface area contributed by atoms with Crippen LogP contribution in [0.25, 0.3) is 4.85 Å². The van der Waals surface area contributed by atoms with Gasteiger partial charge in [-0.05, 0) is 0 Å². The lowest BCUT2D eigenvalue weighted by Crippen LogP contribution is -2.02. The molecule has 0 heterocycles.